The fourth-order valence-electron chi connectivity index (χ4n) is 2.26. The van der Waals surface area contributed by atoms with E-state index < -0.39 is 0 Å². The number of halogens is 1. The first-order chi connectivity index (χ1) is 7.14. The Morgan fingerprint density at radius 2 is 2.06 bits per heavy atom. The summed E-state index contributed by atoms with van der Waals surface area (Å²) in [6.07, 6.45) is 4.38. The standard InChI is InChI=1S/C12H24N2O.ClH/c1-4-10-14(5-2)11(15)12(3)8-6-7-9-13-12;/h13H,4-10H2,1-3H3;1H. The molecular weight excluding hydrogens is 224 g/mol. The summed E-state index contributed by atoms with van der Waals surface area (Å²) in [4.78, 5) is 14.3. The molecule has 1 amide bonds. The van der Waals surface area contributed by atoms with Crippen molar-refractivity contribution < 1.29 is 4.79 Å². The lowest BCUT2D eigenvalue weighted by molar-refractivity contribution is -0.138. The molecule has 1 atom stereocenters. The molecule has 1 heterocycles. The summed E-state index contributed by atoms with van der Waals surface area (Å²) in [5.41, 5.74) is -0.302. The van der Waals surface area contributed by atoms with Crippen LogP contribution in [0.4, 0.5) is 0 Å². The maximum atomic E-state index is 12.3. The second kappa shape index (κ2) is 7.13. The number of likely N-dealkylation sites (N-methyl/N-ethyl adjacent to an activating group) is 1. The minimum atomic E-state index is -0.302. The van der Waals surface area contributed by atoms with E-state index in [1.165, 1.54) is 12.8 Å². The number of piperidine rings is 1. The van der Waals surface area contributed by atoms with E-state index in [1.807, 2.05) is 11.8 Å². The highest BCUT2D eigenvalue weighted by Crippen LogP contribution is 2.21. The molecule has 1 fully saturated rings. The Morgan fingerprint density at radius 3 is 2.50 bits per heavy atom. The van der Waals surface area contributed by atoms with Gasteiger partial charge in [-0.1, -0.05) is 6.92 Å². The largest absolute Gasteiger partial charge is 0.341 e. The molecule has 1 rings (SSSR count). The highest BCUT2D eigenvalue weighted by molar-refractivity contribution is 5.86. The normalized spacial score (nSPS) is 24.7. The molecular formula is C12H25ClN2O. The number of hydrogen-bond acceptors (Lipinski definition) is 2. The molecule has 96 valence electrons. The van der Waals surface area contributed by atoms with E-state index in [0.717, 1.165) is 32.5 Å². The van der Waals surface area contributed by atoms with E-state index in [2.05, 4.69) is 19.2 Å². The number of carbonyl (C=O) groups is 1. The maximum Gasteiger partial charge on any atom is 0.242 e. The molecule has 16 heavy (non-hydrogen) atoms. The predicted octanol–water partition coefficient (Wildman–Crippen LogP) is 2.20. The summed E-state index contributed by atoms with van der Waals surface area (Å²) in [6.45, 7) is 8.90. The SMILES string of the molecule is CCCN(CC)C(=O)C1(C)CCCCN1.Cl. The van der Waals surface area contributed by atoms with E-state index in [1.54, 1.807) is 0 Å². The third-order valence-corrected chi connectivity index (χ3v) is 3.25. The third kappa shape index (κ3) is 3.63. The van der Waals surface area contributed by atoms with Crippen LogP contribution in [0.15, 0.2) is 0 Å². The molecule has 0 radical (unpaired) electrons. The zero-order valence-electron chi connectivity index (χ0n) is 10.7. The van der Waals surface area contributed by atoms with Gasteiger partial charge in [0.2, 0.25) is 5.91 Å². The average molecular weight is 249 g/mol. The van der Waals surface area contributed by atoms with Crippen molar-refractivity contribution in [1.29, 1.82) is 0 Å². The fraction of sp³-hybridized carbons (Fsp3) is 0.917. The summed E-state index contributed by atoms with van der Waals surface area (Å²) in [7, 11) is 0. The molecule has 0 aliphatic carbocycles. The predicted molar refractivity (Wildman–Crippen MR) is 70.1 cm³/mol. The third-order valence-electron chi connectivity index (χ3n) is 3.25. The van der Waals surface area contributed by atoms with Gasteiger partial charge in [-0.25, -0.2) is 0 Å². The molecule has 1 aliphatic rings. The molecule has 4 heteroatoms. The number of carbonyl (C=O) groups excluding carboxylic acids is 1. The highest BCUT2D eigenvalue weighted by atomic mass is 35.5. The highest BCUT2D eigenvalue weighted by Gasteiger charge is 2.36. The van der Waals surface area contributed by atoms with Gasteiger partial charge in [-0.3, -0.25) is 4.79 Å². The second-order valence-corrected chi connectivity index (χ2v) is 4.60. The van der Waals surface area contributed by atoms with Gasteiger partial charge in [0.25, 0.3) is 0 Å². The van der Waals surface area contributed by atoms with E-state index >= 15 is 0 Å². The molecule has 3 nitrogen and oxygen atoms in total. The lowest BCUT2D eigenvalue weighted by Crippen LogP contribution is -2.58. The minimum Gasteiger partial charge on any atom is -0.341 e. The van der Waals surface area contributed by atoms with Crippen LogP contribution in [0.1, 0.15) is 46.5 Å². The van der Waals surface area contributed by atoms with Gasteiger partial charge in [-0.05, 0) is 46.1 Å². The van der Waals surface area contributed by atoms with Crippen LogP contribution < -0.4 is 5.32 Å². The molecule has 1 unspecified atom stereocenters. The van der Waals surface area contributed by atoms with Crippen molar-refractivity contribution in [2.24, 2.45) is 0 Å². The smallest absolute Gasteiger partial charge is 0.242 e. The summed E-state index contributed by atoms with van der Waals surface area (Å²) >= 11 is 0. The molecule has 0 aromatic heterocycles. The van der Waals surface area contributed by atoms with Crippen molar-refractivity contribution in [1.82, 2.24) is 10.2 Å². The van der Waals surface area contributed by atoms with Gasteiger partial charge in [-0.15, -0.1) is 12.4 Å². The summed E-state index contributed by atoms with van der Waals surface area (Å²) < 4.78 is 0. The molecule has 1 N–H and O–H groups in total. The number of hydrogen-bond donors (Lipinski definition) is 1. The van der Waals surface area contributed by atoms with Gasteiger partial charge in [-0.2, -0.15) is 0 Å². The first-order valence-corrected chi connectivity index (χ1v) is 6.18. The van der Waals surface area contributed by atoms with Crippen molar-refractivity contribution in [3.63, 3.8) is 0 Å². The van der Waals surface area contributed by atoms with Crippen LogP contribution in [-0.2, 0) is 4.79 Å². The Morgan fingerprint density at radius 1 is 1.38 bits per heavy atom. The fourth-order valence-corrected chi connectivity index (χ4v) is 2.26. The van der Waals surface area contributed by atoms with Crippen LogP contribution in [0.2, 0.25) is 0 Å². The van der Waals surface area contributed by atoms with Gasteiger partial charge < -0.3 is 10.2 Å². The summed E-state index contributed by atoms with van der Waals surface area (Å²) in [6, 6.07) is 0. The number of amides is 1. The van der Waals surface area contributed by atoms with Crippen LogP contribution in [-0.4, -0.2) is 36.0 Å². The number of nitrogens with zero attached hydrogens (tertiary/aromatic N) is 1. The lowest BCUT2D eigenvalue weighted by atomic mass is 9.89. The molecule has 0 spiro atoms. The van der Waals surface area contributed by atoms with Crippen LogP contribution in [0.25, 0.3) is 0 Å². The molecule has 0 aromatic rings. The minimum absolute atomic E-state index is 0. The van der Waals surface area contributed by atoms with E-state index in [-0.39, 0.29) is 23.9 Å². The van der Waals surface area contributed by atoms with Crippen LogP contribution in [0.3, 0.4) is 0 Å². The molecule has 1 saturated heterocycles. The lowest BCUT2D eigenvalue weighted by Gasteiger charge is -2.37. The summed E-state index contributed by atoms with van der Waals surface area (Å²) in [5.74, 6) is 0.284. The number of rotatable bonds is 4. The molecule has 1 aliphatic heterocycles. The van der Waals surface area contributed by atoms with E-state index in [0.29, 0.717) is 0 Å². The van der Waals surface area contributed by atoms with E-state index in [9.17, 15) is 4.79 Å². The Balaban J connectivity index is 0.00000225. The van der Waals surface area contributed by atoms with Crippen LogP contribution >= 0.6 is 12.4 Å². The Kier molecular flexibility index (Phi) is 7.00. The first kappa shape index (κ1) is 15.7. The van der Waals surface area contributed by atoms with Crippen molar-refractivity contribution >= 4 is 18.3 Å². The first-order valence-electron chi connectivity index (χ1n) is 6.18. The zero-order chi connectivity index (χ0) is 11.3. The van der Waals surface area contributed by atoms with Gasteiger partial charge >= 0.3 is 0 Å². The van der Waals surface area contributed by atoms with Crippen LogP contribution in [0.5, 0.6) is 0 Å². The van der Waals surface area contributed by atoms with Gasteiger partial charge in [0, 0.05) is 13.1 Å². The Bertz CT molecular complexity index is 215. The van der Waals surface area contributed by atoms with Gasteiger partial charge in [0.05, 0.1) is 5.54 Å². The monoisotopic (exact) mass is 248 g/mol. The molecule has 0 aromatic carbocycles. The van der Waals surface area contributed by atoms with Crippen molar-refractivity contribution in [3.05, 3.63) is 0 Å². The quantitative estimate of drug-likeness (QED) is 0.827. The maximum absolute atomic E-state index is 12.3. The average Bonchev–Trinajstić information content (AvgIpc) is 2.26. The van der Waals surface area contributed by atoms with Crippen molar-refractivity contribution in [2.45, 2.75) is 52.0 Å². The van der Waals surface area contributed by atoms with Gasteiger partial charge in [0.15, 0.2) is 0 Å². The molecule has 0 bridgehead atoms. The second-order valence-electron chi connectivity index (χ2n) is 4.60. The van der Waals surface area contributed by atoms with Crippen molar-refractivity contribution in [3.8, 4) is 0 Å². The number of nitrogens with one attached hydrogen (secondary N) is 1. The Hall–Kier alpha value is -0.280. The van der Waals surface area contributed by atoms with Crippen LogP contribution in [0, 0.1) is 0 Å². The molecule has 0 saturated carbocycles. The zero-order valence-corrected chi connectivity index (χ0v) is 11.5. The summed E-state index contributed by atoms with van der Waals surface area (Å²) in [5, 5.41) is 3.38. The van der Waals surface area contributed by atoms with Crippen molar-refractivity contribution in [2.75, 3.05) is 19.6 Å². The Labute approximate surface area is 105 Å². The van der Waals surface area contributed by atoms with Gasteiger partial charge in [0.1, 0.15) is 0 Å². The topological polar surface area (TPSA) is 32.3 Å². The van der Waals surface area contributed by atoms with E-state index in [4.69, 9.17) is 0 Å².